The van der Waals surface area contributed by atoms with Gasteiger partial charge in [0.1, 0.15) is 0 Å². The van der Waals surface area contributed by atoms with E-state index in [0.717, 1.165) is 16.6 Å². The number of carbonyl (C=O) groups is 1. The number of carbonyl (C=O) groups excluding carboxylic acids is 1. The molecule has 19 heavy (non-hydrogen) atoms. The van der Waals surface area contributed by atoms with Crippen LogP contribution in [0.1, 0.15) is 25.5 Å². The molecule has 1 rings (SSSR count). The van der Waals surface area contributed by atoms with Gasteiger partial charge in [-0.15, -0.1) is 0 Å². The topological polar surface area (TPSA) is 58.4 Å². The van der Waals surface area contributed by atoms with Crippen molar-refractivity contribution in [1.29, 1.82) is 0 Å². The van der Waals surface area contributed by atoms with E-state index in [0.29, 0.717) is 19.6 Å². The quantitative estimate of drug-likeness (QED) is 0.804. The molecule has 0 heterocycles. The molecule has 0 bridgehead atoms. The summed E-state index contributed by atoms with van der Waals surface area (Å²) in [6, 6.07) is 8.13. The van der Waals surface area contributed by atoms with E-state index in [2.05, 4.69) is 32.2 Å². The van der Waals surface area contributed by atoms with Crippen LogP contribution >= 0.6 is 15.9 Å². The van der Waals surface area contributed by atoms with Crippen molar-refractivity contribution in [3.8, 4) is 0 Å². The van der Waals surface area contributed by atoms with Gasteiger partial charge in [0.25, 0.3) is 0 Å². The number of nitrogens with zero attached hydrogens (tertiary/aromatic N) is 1. The second kappa shape index (κ2) is 8.30. The van der Waals surface area contributed by atoms with Gasteiger partial charge in [-0.1, -0.05) is 35.0 Å². The molecule has 0 fully saturated rings. The van der Waals surface area contributed by atoms with Gasteiger partial charge < -0.3 is 11.1 Å². The van der Waals surface area contributed by atoms with E-state index in [1.165, 1.54) is 0 Å². The van der Waals surface area contributed by atoms with E-state index < -0.39 is 0 Å². The smallest absolute Gasteiger partial charge is 0.234 e. The molecule has 0 aliphatic carbocycles. The second-order valence-electron chi connectivity index (χ2n) is 4.32. The highest BCUT2D eigenvalue weighted by Gasteiger charge is 2.20. The zero-order valence-electron chi connectivity index (χ0n) is 11.5. The van der Waals surface area contributed by atoms with Crippen molar-refractivity contribution in [3.63, 3.8) is 0 Å². The summed E-state index contributed by atoms with van der Waals surface area (Å²) in [5, 5.41) is 2.82. The number of likely N-dealkylation sites (N-methyl/N-ethyl adjacent to an activating group) is 2. The van der Waals surface area contributed by atoms with Crippen LogP contribution in [-0.4, -0.2) is 37.0 Å². The second-order valence-corrected chi connectivity index (χ2v) is 5.24. The van der Waals surface area contributed by atoms with Gasteiger partial charge in [-0.05, 0) is 31.2 Å². The van der Waals surface area contributed by atoms with Gasteiger partial charge in [0.15, 0.2) is 0 Å². The molecule has 0 saturated carbocycles. The lowest BCUT2D eigenvalue weighted by Gasteiger charge is -2.29. The van der Waals surface area contributed by atoms with Gasteiger partial charge >= 0.3 is 0 Å². The van der Waals surface area contributed by atoms with Crippen LogP contribution in [0.2, 0.25) is 0 Å². The number of amides is 1. The van der Waals surface area contributed by atoms with Crippen molar-refractivity contribution in [2.75, 3.05) is 26.2 Å². The Hall–Kier alpha value is -0.910. The summed E-state index contributed by atoms with van der Waals surface area (Å²) in [7, 11) is 0. The molecule has 1 atom stereocenters. The SMILES string of the molecule is CCNC(=O)CN(CC)C(CN)c1cccc(Br)c1. The van der Waals surface area contributed by atoms with Crippen molar-refractivity contribution in [1.82, 2.24) is 10.2 Å². The van der Waals surface area contributed by atoms with Gasteiger partial charge in [0, 0.05) is 23.6 Å². The van der Waals surface area contributed by atoms with Gasteiger partial charge in [0.05, 0.1) is 6.54 Å². The minimum absolute atomic E-state index is 0.0396. The average Bonchev–Trinajstić information content (AvgIpc) is 2.38. The number of hydrogen-bond donors (Lipinski definition) is 2. The molecule has 5 heteroatoms. The van der Waals surface area contributed by atoms with Gasteiger partial charge in [-0.2, -0.15) is 0 Å². The number of rotatable bonds is 7. The Kier molecular flexibility index (Phi) is 7.05. The van der Waals surface area contributed by atoms with Crippen molar-refractivity contribution in [3.05, 3.63) is 34.3 Å². The average molecular weight is 328 g/mol. The van der Waals surface area contributed by atoms with Crippen LogP contribution < -0.4 is 11.1 Å². The highest BCUT2D eigenvalue weighted by Crippen LogP contribution is 2.22. The predicted octanol–water partition coefficient (Wildman–Crippen LogP) is 1.91. The van der Waals surface area contributed by atoms with Crippen LogP contribution in [0.5, 0.6) is 0 Å². The van der Waals surface area contributed by atoms with E-state index in [1.54, 1.807) is 0 Å². The molecule has 0 saturated heterocycles. The van der Waals surface area contributed by atoms with Crippen molar-refractivity contribution >= 4 is 21.8 Å². The van der Waals surface area contributed by atoms with E-state index in [9.17, 15) is 4.79 Å². The number of hydrogen-bond acceptors (Lipinski definition) is 3. The molecule has 3 N–H and O–H groups in total. The van der Waals surface area contributed by atoms with Crippen molar-refractivity contribution < 1.29 is 4.79 Å². The highest BCUT2D eigenvalue weighted by atomic mass is 79.9. The Bertz CT molecular complexity index is 411. The van der Waals surface area contributed by atoms with Crippen LogP contribution in [0.4, 0.5) is 0 Å². The Balaban J connectivity index is 2.83. The third kappa shape index (κ3) is 4.93. The largest absolute Gasteiger partial charge is 0.355 e. The summed E-state index contributed by atoms with van der Waals surface area (Å²) in [6.07, 6.45) is 0. The molecule has 4 nitrogen and oxygen atoms in total. The maximum atomic E-state index is 11.7. The molecule has 0 radical (unpaired) electrons. The summed E-state index contributed by atoms with van der Waals surface area (Å²) >= 11 is 3.47. The third-order valence-electron chi connectivity index (χ3n) is 3.02. The predicted molar refractivity (Wildman–Crippen MR) is 81.9 cm³/mol. The summed E-state index contributed by atoms with van der Waals surface area (Å²) in [5.74, 6) is 0.0396. The number of nitrogens with two attached hydrogens (primary N) is 1. The molecule has 1 aromatic carbocycles. The maximum Gasteiger partial charge on any atom is 0.234 e. The molecule has 0 aliphatic rings. The molecule has 0 spiro atoms. The highest BCUT2D eigenvalue weighted by molar-refractivity contribution is 9.10. The van der Waals surface area contributed by atoms with Crippen LogP contribution in [0.3, 0.4) is 0 Å². The lowest BCUT2D eigenvalue weighted by molar-refractivity contribution is -0.122. The zero-order valence-corrected chi connectivity index (χ0v) is 13.1. The minimum atomic E-state index is 0.0396. The van der Waals surface area contributed by atoms with E-state index in [1.807, 2.05) is 32.0 Å². The maximum absolute atomic E-state index is 11.7. The fraction of sp³-hybridized carbons (Fsp3) is 0.500. The summed E-state index contributed by atoms with van der Waals surface area (Å²) in [6.45, 7) is 6.26. The molecule has 1 unspecified atom stereocenters. The lowest BCUT2D eigenvalue weighted by Crippen LogP contribution is -2.41. The Morgan fingerprint density at radius 2 is 2.21 bits per heavy atom. The molecule has 0 aliphatic heterocycles. The molecule has 1 aromatic rings. The summed E-state index contributed by atoms with van der Waals surface area (Å²) in [4.78, 5) is 13.8. The molecule has 106 valence electrons. The Morgan fingerprint density at radius 1 is 1.47 bits per heavy atom. The first kappa shape index (κ1) is 16.1. The number of nitrogens with one attached hydrogen (secondary N) is 1. The Morgan fingerprint density at radius 3 is 2.74 bits per heavy atom. The van der Waals surface area contributed by atoms with Gasteiger partial charge in [0.2, 0.25) is 5.91 Å². The van der Waals surface area contributed by atoms with Crippen LogP contribution in [-0.2, 0) is 4.79 Å². The molecular formula is C14H22BrN3O. The minimum Gasteiger partial charge on any atom is -0.355 e. The summed E-state index contributed by atoms with van der Waals surface area (Å²) in [5.41, 5.74) is 7.02. The van der Waals surface area contributed by atoms with Crippen LogP contribution in [0, 0.1) is 0 Å². The zero-order chi connectivity index (χ0) is 14.3. The van der Waals surface area contributed by atoms with E-state index in [-0.39, 0.29) is 11.9 Å². The van der Waals surface area contributed by atoms with Crippen molar-refractivity contribution in [2.24, 2.45) is 5.73 Å². The first-order valence-corrected chi connectivity index (χ1v) is 7.37. The van der Waals surface area contributed by atoms with Gasteiger partial charge in [-0.25, -0.2) is 0 Å². The molecule has 1 amide bonds. The first-order chi connectivity index (χ1) is 9.12. The van der Waals surface area contributed by atoms with E-state index in [4.69, 9.17) is 5.73 Å². The molecular weight excluding hydrogens is 306 g/mol. The standard InChI is InChI=1S/C14H22BrN3O/c1-3-17-14(19)10-18(4-2)13(9-16)11-6-5-7-12(15)8-11/h5-8,13H,3-4,9-10,16H2,1-2H3,(H,17,19). The van der Waals surface area contributed by atoms with Crippen molar-refractivity contribution in [2.45, 2.75) is 19.9 Å². The number of benzene rings is 1. The third-order valence-corrected chi connectivity index (χ3v) is 3.52. The van der Waals surface area contributed by atoms with Crippen LogP contribution in [0.25, 0.3) is 0 Å². The fourth-order valence-electron chi connectivity index (χ4n) is 2.09. The first-order valence-electron chi connectivity index (χ1n) is 6.58. The molecule has 0 aromatic heterocycles. The Labute approximate surface area is 123 Å². The van der Waals surface area contributed by atoms with Gasteiger partial charge in [-0.3, -0.25) is 9.69 Å². The lowest BCUT2D eigenvalue weighted by atomic mass is 10.1. The van der Waals surface area contributed by atoms with E-state index >= 15 is 0 Å². The monoisotopic (exact) mass is 327 g/mol. The normalized spacial score (nSPS) is 12.5. The number of halogens is 1. The van der Waals surface area contributed by atoms with Crippen LogP contribution in [0.15, 0.2) is 28.7 Å². The summed E-state index contributed by atoms with van der Waals surface area (Å²) < 4.78 is 1.03. The fourth-order valence-corrected chi connectivity index (χ4v) is 2.51.